The van der Waals surface area contributed by atoms with Crippen LogP contribution in [0.4, 0.5) is 0 Å². The zero-order valence-electron chi connectivity index (χ0n) is 5.16. The maximum absolute atomic E-state index is 10.3. The van der Waals surface area contributed by atoms with Gasteiger partial charge >= 0.3 is 5.97 Å². The largest absolute Gasteiger partial charge is 0.478 e. The molecule has 52 valence electrons. The Morgan fingerprint density at radius 3 is 3.00 bits per heavy atom. The van der Waals surface area contributed by atoms with Crippen LogP contribution >= 0.6 is 0 Å². The molecule has 0 aliphatic rings. The van der Waals surface area contributed by atoms with Crippen LogP contribution in [0.15, 0.2) is 12.8 Å². The van der Waals surface area contributed by atoms with Gasteiger partial charge < -0.3 is 5.11 Å². The smallest absolute Gasteiger partial charge is 0.339 e. The summed E-state index contributed by atoms with van der Waals surface area (Å²) in [6.45, 7) is 3.41. The number of hydrogen-bond donors (Lipinski definition) is 2. The molecule has 0 unspecified atom stereocenters. The van der Waals surface area contributed by atoms with Gasteiger partial charge in [-0.3, -0.25) is 5.10 Å². The lowest BCUT2D eigenvalue weighted by molar-refractivity contribution is 0.0697. The second kappa shape index (κ2) is 2.34. The zero-order chi connectivity index (χ0) is 7.56. The summed E-state index contributed by atoms with van der Waals surface area (Å²) in [6, 6.07) is 0. The van der Waals surface area contributed by atoms with E-state index in [0.717, 1.165) is 0 Å². The van der Waals surface area contributed by atoms with Crippen molar-refractivity contribution in [2.75, 3.05) is 0 Å². The zero-order valence-corrected chi connectivity index (χ0v) is 5.16. The van der Waals surface area contributed by atoms with E-state index in [4.69, 9.17) is 5.11 Å². The normalized spacial score (nSPS) is 9.20. The fraction of sp³-hybridized carbons (Fsp3) is 0. The lowest BCUT2D eigenvalue weighted by atomic mass is 10.2. The third kappa shape index (κ3) is 0.907. The molecule has 0 bridgehead atoms. The fourth-order valence-corrected chi connectivity index (χ4v) is 0.622. The first-order valence-electron chi connectivity index (χ1n) is 2.65. The number of nitrogens with one attached hydrogen (secondary N) is 1. The molecule has 0 amide bonds. The summed E-state index contributed by atoms with van der Waals surface area (Å²) in [4.78, 5) is 10.3. The van der Waals surface area contributed by atoms with Crippen molar-refractivity contribution in [2.45, 2.75) is 0 Å². The van der Waals surface area contributed by atoms with E-state index in [2.05, 4.69) is 16.8 Å². The highest BCUT2D eigenvalue weighted by atomic mass is 16.4. The molecule has 0 radical (unpaired) electrons. The maximum atomic E-state index is 10.3. The van der Waals surface area contributed by atoms with Crippen LogP contribution < -0.4 is 0 Å². The molecule has 10 heavy (non-hydrogen) atoms. The second-order valence-corrected chi connectivity index (χ2v) is 1.71. The Morgan fingerprint density at radius 1 is 1.90 bits per heavy atom. The molecule has 0 saturated heterocycles. The summed E-state index contributed by atoms with van der Waals surface area (Å²) in [5, 5.41) is 14.5. The minimum absolute atomic E-state index is 0.148. The molecular formula is C6H6N2O2. The van der Waals surface area contributed by atoms with Gasteiger partial charge in [-0.2, -0.15) is 5.10 Å². The molecular weight excluding hydrogens is 132 g/mol. The first-order valence-corrected chi connectivity index (χ1v) is 2.65. The highest BCUT2D eigenvalue weighted by molar-refractivity contribution is 5.90. The van der Waals surface area contributed by atoms with Gasteiger partial charge in [0.1, 0.15) is 5.56 Å². The lowest BCUT2D eigenvalue weighted by Gasteiger charge is -1.86. The predicted octanol–water partition coefficient (Wildman–Crippen LogP) is 0.751. The monoisotopic (exact) mass is 138 g/mol. The van der Waals surface area contributed by atoms with Gasteiger partial charge in [0.05, 0.1) is 11.9 Å². The van der Waals surface area contributed by atoms with Gasteiger partial charge in [-0.15, -0.1) is 0 Å². The Bertz CT molecular complexity index is 264. The average Bonchev–Trinajstić information content (AvgIpc) is 2.33. The van der Waals surface area contributed by atoms with Gasteiger partial charge in [0.15, 0.2) is 0 Å². The number of aromatic nitrogens is 2. The molecule has 0 spiro atoms. The summed E-state index contributed by atoms with van der Waals surface area (Å²) in [7, 11) is 0. The van der Waals surface area contributed by atoms with Crippen LogP contribution in [0.2, 0.25) is 0 Å². The third-order valence-corrected chi connectivity index (χ3v) is 1.10. The van der Waals surface area contributed by atoms with Crippen molar-refractivity contribution in [3.05, 3.63) is 24.0 Å². The molecule has 1 rings (SSSR count). The first kappa shape index (κ1) is 6.54. The minimum atomic E-state index is -0.997. The van der Waals surface area contributed by atoms with E-state index in [0.29, 0.717) is 5.69 Å². The highest BCUT2D eigenvalue weighted by Crippen LogP contribution is 2.04. The van der Waals surface area contributed by atoms with Crippen LogP contribution in [0.1, 0.15) is 16.1 Å². The minimum Gasteiger partial charge on any atom is -0.478 e. The first-order chi connectivity index (χ1) is 4.75. The summed E-state index contributed by atoms with van der Waals surface area (Å²) >= 11 is 0. The molecule has 2 N–H and O–H groups in total. The Hall–Kier alpha value is -1.58. The van der Waals surface area contributed by atoms with E-state index in [9.17, 15) is 4.79 Å². The lowest BCUT2D eigenvalue weighted by Crippen LogP contribution is -1.95. The van der Waals surface area contributed by atoms with Gasteiger partial charge in [0.2, 0.25) is 0 Å². The number of nitrogens with zero attached hydrogens (tertiary/aromatic N) is 1. The number of carbonyl (C=O) groups is 1. The fourth-order valence-electron chi connectivity index (χ4n) is 0.622. The summed E-state index contributed by atoms with van der Waals surface area (Å²) in [5.74, 6) is -0.997. The number of aromatic amines is 1. The number of H-pyrrole nitrogens is 1. The molecule has 4 nitrogen and oxygen atoms in total. The van der Waals surface area contributed by atoms with Gasteiger partial charge in [0, 0.05) is 0 Å². The molecule has 1 aromatic rings. The topological polar surface area (TPSA) is 66.0 Å². The highest BCUT2D eigenvalue weighted by Gasteiger charge is 2.07. The van der Waals surface area contributed by atoms with E-state index in [1.54, 1.807) is 0 Å². The van der Waals surface area contributed by atoms with E-state index < -0.39 is 5.97 Å². The average molecular weight is 138 g/mol. The Labute approximate surface area is 57.2 Å². The molecule has 0 aromatic carbocycles. The number of aromatic carboxylic acids is 1. The van der Waals surface area contributed by atoms with E-state index in [1.807, 2.05) is 0 Å². The maximum Gasteiger partial charge on any atom is 0.339 e. The molecule has 4 heteroatoms. The van der Waals surface area contributed by atoms with Crippen molar-refractivity contribution in [3.8, 4) is 0 Å². The standard InChI is InChI=1S/C6H6N2O2/c1-2-5-4(6(9)10)3-7-8-5/h2-3H,1H2,(H,7,8)(H,9,10). The van der Waals surface area contributed by atoms with Crippen LogP contribution in [-0.2, 0) is 0 Å². The molecule has 1 heterocycles. The van der Waals surface area contributed by atoms with E-state index in [-0.39, 0.29) is 5.56 Å². The quantitative estimate of drug-likeness (QED) is 0.633. The number of carboxylic acid groups (broad SMARTS) is 1. The number of carboxylic acids is 1. The molecule has 0 aliphatic carbocycles. The van der Waals surface area contributed by atoms with Crippen LogP contribution in [-0.4, -0.2) is 21.3 Å². The molecule has 0 saturated carbocycles. The van der Waals surface area contributed by atoms with Crippen LogP contribution in [0.25, 0.3) is 6.08 Å². The van der Waals surface area contributed by atoms with E-state index >= 15 is 0 Å². The van der Waals surface area contributed by atoms with Gasteiger partial charge in [-0.05, 0) is 6.08 Å². The Kier molecular flexibility index (Phi) is 1.53. The van der Waals surface area contributed by atoms with Crippen molar-refractivity contribution >= 4 is 12.0 Å². The number of hydrogen-bond acceptors (Lipinski definition) is 2. The summed E-state index contributed by atoms with van der Waals surface area (Å²) in [6.07, 6.45) is 2.66. The van der Waals surface area contributed by atoms with Crippen molar-refractivity contribution in [3.63, 3.8) is 0 Å². The van der Waals surface area contributed by atoms with Gasteiger partial charge in [-0.25, -0.2) is 4.79 Å². The van der Waals surface area contributed by atoms with Crippen molar-refractivity contribution in [2.24, 2.45) is 0 Å². The summed E-state index contributed by atoms with van der Waals surface area (Å²) in [5.41, 5.74) is 0.586. The van der Waals surface area contributed by atoms with Crippen LogP contribution in [0.5, 0.6) is 0 Å². The van der Waals surface area contributed by atoms with Crippen molar-refractivity contribution < 1.29 is 9.90 Å². The molecule has 0 atom stereocenters. The Balaban J connectivity index is 3.13. The van der Waals surface area contributed by atoms with Crippen molar-refractivity contribution in [1.29, 1.82) is 0 Å². The Morgan fingerprint density at radius 2 is 2.60 bits per heavy atom. The van der Waals surface area contributed by atoms with Crippen molar-refractivity contribution in [1.82, 2.24) is 10.2 Å². The third-order valence-electron chi connectivity index (χ3n) is 1.10. The van der Waals surface area contributed by atoms with Gasteiger partial charge in [-0.1, -0.05) is 6.58 Å². The van der Waals surface area contributed by atoms with Gasteiger partial charge in [0.25, 0.3) is 0 Å². The SMILES string of the molecule is C=Cc1[nH]ncc1C(=O)O. The second-order valence-electron chi connectivity index (χ2n) is 1.71. The molecule has 1 aromatic heterocycles. The number of rotatable bonds is 2. The molecule has 0 fully saturated rings. The molecule has 0 aliphatic heterocycles. The summed E-state index contributed by atoms with van der Waals surface area (Å²) < 4.78 is 0. The van der Waals surface area contributed by atoms with E-state index in [1.165, 1.54) is 12.3 Å². The predicted molar refractivity (Wildman–Crippen MR) is 35.6 cm³/mol. The van der Waals surface area contributed by atoms with Crippen LogP contribution in [0, 0.1) is 0 Å². The van der Waals surface area contributed by atoms with Crippen LogP contribution in [0.3, 0.4) is 0 Å².